The fraction of sp³-hybridized carbons (Fsp3) is 0.364. The quantitative estimate of drug-likeness (QED) is 0.625. The average molecular weight is 470 g/mol. The average Bonchev–Trinajstić information content (AvgIpc) is 3.18. The monoisotopic (exact) mass is 469 g/mol. The van der Waals surface area contributed by atoms with Crippen LogP contribution < -0.4 is 5.32 Å². The molecule has 0 saturated carbocycles. The molecule has 7 nitrogen and oxygen atoms in total. The third kappa shape index (κ3) is 4.09. The van der Waals surface area contributed by atoms with Gasteiger partial charge in [-0.2, -0.15) is 0 Å². The number of benzene rings is 2. The molecule has 0 bridgehead atoms. The van der Waals surface area contributed by atoms with Gasteiger partial charge in [-0.15, -0.1) is 5.10 Å². The number of nitrogens with one attached hydrogen (secondary N) is 1. The van der Waals surface area contributed by atoms with E-state index in [4.69, 9.17) is 0 Å². The Morgan fingerprint density at radius 2 is 1.93 bits per heavy atom. The number of hydrogen-bond acceptors (Lipinski definition) is 4. The molecule has 0 radical (unpaired) electrons. The summed E-state index contributed by atoms with van der Waals surface area (Å²) in [7, 11) is 0. The van der Waals surface area contributed by atoms with Crippen molar-refractivity contribution in [2.24, 2.45) is 5.92 Å². The number of anilines is 1. The number of rotatable bonds is 4. The van der Waals surface area contributed by atoms with Crippen molar-refractivity contribution in [3.63, 3.8) is 0 Å². The van der Waals surface area contributed by atoms with Crippen molar-refractivity contribution < 1.29 is 9.59 Å². The van der Waals surface area contributed by atoms with E-state index in [0.717, 1.165) is 33.3 Å². The summed E-state index contributed by atoms with van der Waals surface area (Å²) in [5, 5.41) is 11.2. The zero-order chi connectivity index (χ0) is 21.3. The molecule has 0 atom stereocenters. The highest BCUT2D eigenvalue weighted by atomic mass is 79.9. The highest BCUT2D eigenvalue weighted by molar-refractivity contribution is 9.10. The van der Waals surface area contributed by atoms with Crippen molar-refractivity contribution in [3.8, 4) is 0 Å². The number of likely N-dealkylation sites (tertiary alicyclic amines) is 1. The van der Waals surface area contributed by atoms with E-state index in [1.54, 1.807) is 10.7 Å². The fourth-order valence-corrected chi connectivity index (χ4v) is 4.08. The molecule has 4 rings (SSSR count). The Balaban J connectivity index is 1.37. The number of nitrogens with zero attached hydrogens (tertiary/aromatic N) is 4. The molecule has 3 aromatic rings. The number of carbonyl (C=O) groups excluding carboxylic acids is 2. The van der Waals surface area contributed by atoms with E-state index in [2.05, 4.69) is 31.6 Å². The number of aromatic nitrogens is 3. The molecule has 2 amide bonds. The Morgan fingerprint density at radius 3 is 2.63 bits per heavy atom. The highest BCUT2D eigenvalue weighted by Gasteiger charge is 2.28. The molecular formula is C22H24BrN5O2. The first-order valence-corrected chi connectivity index (χ1v) is 10.9. The molecule has 1 aliphatic rings. The molecule has 1 N–H and O–H groups in total. The fourth-order valence-electron chi connectivity index (χ4n) is 3.83. The lowest BCUT2D eigenvalue weighted by molar-refractivity contribution is -0.121. The van der Waals surface area contributed by atoms with Gasteiger partial charge in [0.25, 0.3) is 5.91 Å². The number of hydrogen-bond donors (Lipinski definition) is 1. The minimum Gasteiger partial charge on any atom is -0.339 e. The number of carbonyl (C=O) groups is 2. The SMILES string of the molecule is CCn1nnc2cc(C(=O)N3CCC(C(=O)Nc4ccc(Br)c(C)c4)CC3)ccc21. The second-order valence-corrected chi connectivity index (χ2v) is 8.48. The van der Waals surface area contributed by atoms with Gasteiger partial charge in [-0.05, 0) is 68.7 Å². The van der Waals surface area contributed by atoms with E-state index in [9.17, 15) is 9.59 Å². The van der Waals surface area contributed by atoms with Crippen LogP contribution in [0.3, 0.4) is 0 Å². The van der Waals surface area contributed by atoms with E-state index in [1.165, 1.54) is 0 Å². The molecule has 1 fully saturated rings. The van der Waals surface area contributed by atoms with Crippen LogP contribution in [0.15, 0.2) is 40.9 Å². The Kier molecular flexibility index (Phi) is 5.85. The molecule has 0 spiro atoms. The topological polar surface area (TPSA) is 80.1 Å². The summed E-state index contributed by atoms with van der Waals surface area (Å²) in [5.74, 6) is -0.100. The van der Waals surface area contributed by atoms with Crippen LogP contribution in [-0.4, -0.2) is 44.8 Å². The maximum atomic E-state index is 12.9. The van der Waals surface area contributed by atoms with E-state index < -0.39 is 0 Å². The Bertz CT molecular complexity index is 1100. The standard InChI is InChI=1S/C22H24BrN5O2/c1-3-28-20-7-4-16(13-19(20)25-26-28)22(30)27-10-8-15(9-11-27)21(29)24-17-5-6-18(23)14(2)12-17/h4-7,12-13,15H,3,8-11H2,1-2H3,(H,24,29). The van der Waals surface area contributed by atoms with Crippen LogP contribution in [0, 0.1) is 12.8 Å². The van der Waals surface area contributed by atoms with Gasteiger partial charge in [-0.3, -0.25) is 9.59 Å². The van der Waals surface area contributed by atoms with Crippen molar-refractivity contribution in [1.29, 1.82) is 0 Å². The van der Waals surface area contributed by atoms with Gasteiger partial charge < -0.3 is 10.2 Å². The Labute approximate surface area is 183 Å². The van der Waals surface area contributed by atoms with Crippen molar-refractivity contribution in [2.75, 3.05) is 18.4 Å². The number of piperidine rings is 1. The third-order valence-electron chi connectivity index (χ3n) is 5.64. The first-order valence-electron chi connectivity index (χ1n) is 10.2. The van der Waals surface area contributed by atoms with Crippen LogP contribution in [0.4, 0.5) is 5.69 Å². The lowest BCUT2D eigenvalue weighted by Crippen LogP contribution is -2.41. The predicted molar refractivity (Wildman–Crippen MR) is 119 cm³/mol. The summed E-state index contributed by atoms with van der Waals surface area (Å²) in [6.45, 7) is 5.86. The molecule has 156 valence electrons. The summed E-state index contributed by atoms with van der Waals surface area (Å²) in [4.78, 5) is 27.4. The van der Waals surface area contributed by atoms with Crippen molar-refractivity contribution in [2.45, 2.75) is 33.2 Å². The summed E-state index contributed by atoms with van der Waals surface area (Å²) < 4.78 is 2.82. The normalized spacial score (nSPS) is 14.8. The Morgan fingerprint density at radius 1 is 1.17 bits per heavy atom. The summed E-state index contributed by atoms with van der Waals surface area (Å²) in [6.07, 6.45) is 1.31. The van der Waals surface area contributed by atoms with Gasteiger partial charge in [0.05, 0.1) is 5.52 Å². The Hall–Kier alpha value is -2.74. The molecule has 8 heteroatoms. The number of aryl methyl sites for hydroxylation is 2. The van der Waals surface area contributed by atoms with Crippen LogP contribution in [0.2, 0.25) is 0 Å². The van der Waals surface area contributed by atoms with Gasteiger partial charge >= 0.3 is 0 Å². The molecule has 30 heavy (non-hydrogen) atoms. The van der Waals surface area contributed by atoms with Crippen LogP contribution >= 0.6 is 15.9 Å². The summed E-state index contributed by atoms with van der Waals surface area (Å²) >= 11 is 3.47. The molecule has 1 aromatic heterocycles. The second-order valence-electron chi connectivity index (χ2n) is 7.63. The lowest BCUT2D eigenvalue weighted by atomic mass is 9.95. The molecule has 0 unspecified atom stereocenters. The zero-order valence-corrected chi connectivity index (χ0v) is 18.6. The number of amides is 2. The molecule has 2 aromatic carbocycles. The highest BCUT2D eigenvalue weighted by Crippen LogP contribution is 2.24. The minimum atomic E-state index is -0.0927. The van der Waals surface area contributed by atoms with E-state index in [0.29, 0.717) is 31.5 Å². The van der Waals surface area contributed by atoms with Gasteiger partial charge in [-0.25, -0.2) is 4.68 Å². The van der Waals surface area contributed by atoms with E-state index >= 15 is 0 Å². The smallest absolute Gasteiger partial charge is 0.253 e. The lowest BCUT2D eigenvalue weighted by Gasteiger charge is -2.31. The van der Waals surface area contributed by atoms with E-state index in [1.807, 2.05) is 49.1 Å². The minimum absolute atomic E-state index is 0.0152. The van der Waals surface area contributed by atoms with Gasteiger partial charge in [0.15, 0.2) is 0 Å². The first-order chi connectivity index (χ1) is 14.5. The van der Waals surface area contributed by atoms with Crippen molar-refractivity contribution in [3.05, 3.63) is 52.0 Å². The molecular weight excluding hydrogens is 446 g/mol. The van der Waals surface area contributed by atoms with Gasteiger partial charge in [0.2, 0.25) is 5.91 Å². The molecule has 1 aliphatic heterocycles. The van der Waals surface area contributed by atoms with Crippen LogP contribution in [0.1, 0.15) is 35.7 Å². The largest absolute Gasteiger partial charge is 0.339 e. The molecule has 0 aliphatic carbocycles. The number of halogens is 1. The molecule has 2 heterocycles. The zero-order valence-electron chi connectivity index (χ0n) is 17.1. The van der Waals surface area contributed by atoms with Crippen molar-refractivity contribution >= 4 is 44.5 Å². The van der Waals surface area contributed by atoms with Crippen LogP contribution in [-0.2, 0) is 11.3 Å². The van der Waals surface area contributed by atoms with Gasteiger partial charge in [-0.1, -0.05) is 21.1 Å². The number of fused-ring (bicyclic) bond motifs is 1. The van der Waals surface area contributed by atoms with Crippen LogP contribution in [0.25, 0.3) is 11.0 Å². The molecule has 1 saturated heterocycles. The third-order valence-corrected chi connectivity index (χ3v) is 6.53. The predicted octanol–water partition coefficient (Wildman–Crippen LogP) is 4.01. The first kappa shape index (κ1) is 20.5. The van der Waals surface area contributed by atoms with Crippen molar-refractivity contribution in [1.82, 2.24) is 19.9 Å². The summed E-state index contributed by atoms with van der Waals surface area (Å²) in [6, 6.07) is 11.3. The second kappa shape index (κ2) is 8.55. The summed E-state index contributed by atoms with van der Waals surface area (Å²) in [5.41, 5.74) is 4.13. The van der Waals surface area contributed by atoms with Crippen LogP contribution in [0.5, 0.6) is 0 Å². The maximum absolute atomic E-state index is 12.9. The van der Waals surface area contributed by atoms with Gasteiger partial charge in [0, 0.05) is 41.3 Å². The van der Waals surface area contributed by atoms with E-state index in [-0.39, 0.29) is 17.7 Å². The van der Waals surface area contributed by atoms with Gasteiger partial charge in [0.1, 0.15) is 5.52 Å². The maximum Gasteiger partial charge on any atom is 0.253 e.